The van der Waals surface area contributed by atoms with Gasteiger partial charge in [0.05, 0.1) is 18.8 Å². The third kappa shape index (κ3) is 3.76. The summed E-state index contributed by atoms with van der Waals surface area (Å²) in [4.78, 5) is 12.3. The zero-order valence-corrected chi connectivity index (χ0v) is 14.5. The van der Waals surface area contributed by atoms with Gasteiger partial charge in [0.1, 0.15) is 6.10 Å². The van der Waals surface area contributed by atoms with E-state index in [1.807, 2.05) is 22.9 Å². The lowest BCUT2D eigenvalue weighted by Gasteiger charge is -2.23. The van der Waals surface area contributed by atoms with E-state index >= 15 is 0 Å². The Morgan fingerprint density at radius 3 is 2.84 bits per heavy atom. The third-order valence-corrected chi connectivity index (χ3v) is 5.24. The van der Waals surface area contributed by atoms with Crippen LogP contribution < -0.4 is 5.32 Å². The Morgan fingerprint density at radius 1 is 1.24 bits per heavy atom. The van der Waals surface area contributed by atoms with E-state index < -0.39 is 0 Å². The molecule has 0 radical (unpaired) electrons. The number of ether oxygens (including phenoxy) is 1. The van der Waals surface area contributed by atoms with Crippen molar-refractivity contribution in [2.24, 2.45) is 5.92 Å². The second kappa shape index (κ2) is 7.40. The van der Waals surface area contributed by atoms with Crippen molar-refractivity contribution < 1.29 is 9.53 Å². The van der Waals surface area contributed by atoms with Crippen LogP contribution in [0, 0.1) is 5.92 Å². The molecule has 132 valence electrons. The maximum atomic E-state index is 12.3. The van der Waals surface area contributed by atoms with Crippen molar-refractivity contribution in [3.8, 4) is 0 Å². The van der Waals surface area contributed by atoms with Crippen molar-refractivity contribution in [2.75, 3.05) is 13.2 Å². The maximum absolute atomic E-state index is 12.3. The smallest absolute Gasteiger partial charge is 0.223 e. The number of carbonyl (C=O) groups excluding carboxylic acids is 1. The van der Waals surface area contributed by atoms with Crippen LogP contribution in [0.1, 0.15) is 48.6 Å². The van der Waals surface area contributed by atoms with E-state index in [1.54, 1.807) is 0 Å². The van der Waals surface area contributed by atoms with Gasteiger partial charge in [-0.1, -0.05) is 43.2 Å². The molecule has 5 nitrogen and oxygen atoms in total. The second-order valence-corrected chi connectivity index (χ2v) is 7.06. The van der Waals surface area contributed by atoms with Gasteiger partial charge >= 0.3 is 0 Å². The molecule has 1 amide bonds. The SMILES string of the molecule is O=C(NC[C@H]1OCCc2cn(Cc3ccccc3)nc21)C1CCCC1. The summed E-state index contributed by atoms with van der Waals surface area (Å²) < 4.78 is 7.88. The molecule has 5 heteroatoms. The third-order valence-electron chi connectivity index (χ3n) is 5.24. The molecule has 25 heavy (non-hydrogen) atoms. The Kier molecular flexibility index (Phi) is 4.83. The second-order valence-electron chi connectivity index (χ2n) is 7.06. The summed E-state index contributed by atoms with van der Waals surface area (Å²) in [6.07, 6.45) is 7.26. The lowest BCUT2D eigenvalue weighted by molar-refractivity contribution is -0.125. The summed E-state index contributed by atoms with van der Waals surface area (Å²) in [5.74, 6) is 0.371. The predicted octanol–water partition coefficient (Wildman–Crippen LogP) is 2.85. The van der Waals surface area contributed by atoms with Gasteiger partial charge in [-0.2, -0.15) is 5.10 Å². The molecule has 0 bridgehead atoms. The quantitative estimate of drug-likeness (QED) is 0.911. The molecule has 1 fully saturated rings. The highest BCUT2D eigenvalue weighted by atomic mass is 16.5. The van der Waals surface area contributed by atoms with Crippen LogP contribution in [0.3, 0.4) is 0 Å². The molecule has 1 atom stereocenters. The average molecular weight is 339 g/mol. The molecule has 0 spiro atoms. The van der Waals surface area contributed by atoms with Crippen LogP contribution in [-0.4, -0.2) is 28.8 Å². The molecule has 0 saturated heterocycles. The number of fused-ring (bicyclic) bond motifs is 1. The van der Waals surface area contributed by atoms with Crippen LogP contribution in [0.25, 0.3) is 0 Å². The number of nitrogens with zero attached hydrogens (tertiary/aromatic N) is 2. The molecule has 4 rings (SSSR count). The number of amides is 1. The first kappa shape index (κ1) is 16.3. The Morgan fingerprint density at radius 2 is 2.04 bits per heavy atom. The van der Waals surface area contributed by atoms with Crippen LogP contribution in [0.2, 0.25) is 0 Å². The first-order valence-corrected chi connectivity index (χ1v) is 9.29. The summed E-state index contributed by atoms with van der Waals surface area (Å²) >= 11 is 0. The molecule has 1 N–H and O–H groups in total. The van der Waals surface area contributed by atoms with Crippen LogP contribution in [0.5, 0.6) is 0 Å². The molecule has 1 aromatic carbocycles. The molecule has 1 aromatic heterocycles. The van der Waals surface area contributed by atoms with Crippen LogP contribution in [0.4, 0.5) is 0 Å². The first-order chi connectivity index (χ1) is 12.3. The van der Waals surface area contributed by atoms with E-state index in [-0.39, 0.29) is 17.9 Å². The van der Waals surface area contributed by atoms with Gasteiger partial charge in [0.15, 0.2) is 0 Å². The van der Waals surface area contributed by atoms with Gasteiger partial charge in [0.2, 0.25) is 5.91 Å². The number of rotatable bonds is 5. The summed E-state index contributed by atoms with van der Waals surface area (Å²) in [6, 6.07) is 10.3. The molecule has 2 aliphatic rings. The summed E-state index contributed by atoms with van der Waals surface area (Å²) in [7, 11) is 0. The minimum atomic E-state index is -0.133. The Labute approximate surface area is 148 Å². The number of carbonyl (C=O) groups is 1. The van der Waals surface area contributed by atoms with Crippen LogP contribution >= 0.6 is 0 Å². The highest BCUT2D eigenvalue weighted by Crippen LogP contribution is 2.27. The molecule has 2 aromatic rings. The lowest BCUT2D eigenvalue weighted by Crippen LogP contribution is -2.35. The van der Waals surface area contributed by atoms with Gasteiger partial charge in [-0.05, 0) is 30.4 Å². The fraction of sp³-hybridized carbons (Fsp3) is 0.500. The van der Waals surface area contributed by atoms with Gasteiger partial charge in [0.25, 0.3) is 0 Å². The number of hydrogen-bond donors (Lipinski definition) is 1. The number of benzene rings is 1. The van der Waals surface area contributed by atoms with Gasteiger partial charge < -0.3 is 10.1 Å². The van der Waals surface area contributed by atoms with Crippen LogP contribution in [-0.2, 0) is 22.5 Å². The normalized spacial score (nSPS) is 20.4. The monoisotopic (exact) mass is 339 g/mol. The van der Waals surface area contributed by atoms with Crippen molar-refractivity contribution in [1.29, 1.82) is 0 Å². The summed E-state index contributed by atoms with van der Waals surface area (Å²) in [5, 5.41) is 7.82. The van der Waals surface area contributed by atoms with Crippen molar-refractivity contribution in [3.05, 3.63) is 53.3 Å². The van der Waals surface area contributed by atoms with E-state index in [1.165, 1.54) is 24.0 Å². The summed E-state index contributed by atoms with van der Waals surface area (Å²) in [5.41, 5.74) is 3.45. The maximum Gasteiger partial charge on any atom is 0.223 e. The molecule has 0 unspecified atom stereocenters. The minimum Gasteiger partial charge on any atom is -0.370 e. The lowest BCUT2D eigenvalue weighted by atomic mass is 10.1. The van der Waals surface area contributed by atoms with E-state index in [4.69, 9.17) is 9.84 Å². The molecule has 1 saturated carbocycles. The first-order valence-electron chi connectivity index (χ1n) is 9.29. The van der Waals surface area contributed by atoms with Crippen molar-refractivity contribution in [2.45, 2.75) is 44.8 Å². The Hall–Kier alpha value is -2.14. The summed E-state index contributed by atoms with van der Waals surface area (Å²) in [6.45, 7) is 1.97. The predicted molar refractivity (Wildman–Crippen MR) is 95.1 cm³/mol. The fourth-order valence-electron chi connectivity index (χ4n) is 3.86. The van der Waals surface area contributed by atoms with Crippen LogP contribution in [0.15, 0.2) is 36.5 Å². The Bertz CT molecular complexity index is 720. The molecule has 1 aliphatic carbocycles. The van der Waals surface area contributed by atoms with Gasteiger partial charge in [0, 0.05) is 18.7 Å². The fourth-order valence-corrected chi connectivity index (χ4v) is 3.86. The van der Waals surface area contributed by atoms with Crippen molar-refractivity contribution in [1.82, 2.24) is 15.1 Å². The van der Waals surface area contributed by atoms with E-state index in [0.29, 0.717) is 13.2 Å². The van der Waals surface area contributed by atoms with Crippen molar-refractivity contribution >= 4 is 5.91 Å². The zero-order chi connectivity index (χ0) is 17.1. The van der Waals surface area contributed by atoms with Gasteiger partial charge in [-0.3, -0.25) is 9.48 Å². The van der Waals surface area contributed by atoms with Gasteiger partial charge in [-0.15, -0.1) is 0 Å². The standard InChI is InChI=1S/C20H25N3O2/c24-20(16-8-4-5-9-16)21-12-18-19-17(10-11-25-18)14-23(22-19)13-15-6-2-1-3-7-15/h1-3,6-7,14,16,18H,4-5,8-13H2,(H,21,24)/t18-/m1/s1. The largest absolute Gasteiger partial charge is 0.370 e. The molecular weight excluding hydrogens is 314 g/mol. The van der Waals surface area contributed by atoms with E-state index in [9.17, 15) is 4.79 Å². The zero-order valence-electron chi connectivity index (χ0n) is 14.5. The number of hydrogen-bond acceptors (Lipinski definition) is 3. The van der Waals surface area contributed by atoms with Gasteiger partial charge in [-0.25, -0.2) is 0 Å². The molecular formula is C20H25N3O2. The van der Waals surface area contributed by atoms with Crippen molar-refractivity contribution in [3.63, 3.8) is 0 Å². The molecule has 1 aliphatic heterocycles. The number of aromatic nitrogens is 2. The number of nitrogens with one attached hydrogen (secondary N) is 1. The Balaban J connectivity index is 1.41. The highest BCUT2D eigenvalue weighted by Gasteiger charge is 2.27. The van der Waals surface area contributed by atoms with E-state index in [2.05, 4.69) is 23.6 Å². The highest BCUT2D eigenvalue weighted by molar-refractivity contribution is 5.78. The van der Waals surface area contributed by atoms with E-state index in [0.717, 1.165) is 31.5 Å². The topological polar surface area (TPSA) is 56.1 Å². The minimum absolute atomic E-state index is 0.133. The average Bonchev–Trinajstić information content (AvgIpc) is 3.30. The molecule has 2 heterocycles.